The van der Waals surface area contributed by atoms with Gasteiger partial charge < -0.3 is 15.2 Å². The van der Waals surface area contributed by atoms with Gasteiger partial charge in [0.15, 0.2) is 5.69 Å². The molecule has 0 fully saturated rings. The first kappa shape index (κ1) is 26.5. The minimum atomic E-state index is -4.79. The van der Waals surface area contributed by atoms with Gasteiger partial charge in [0.05, 0.1) is 24.4 Å². The summed E-state index contributed by atoms with van der Waals surface area (Å²) in [6.45, 7) is 0. The van der Waals surface area contributed by atoms with Crippen molar-refractivity contribution >= 4 is 22.4 Å². The average molecular weight is 543 g/mol. The van der Waals surface area contributed by atoms with Gasteiger partial charge in [-0.3, -0.25) is 4.79 Å². The second-order valence-electron chi connectivity index (χ2n) is 8.94. The van der Waals surface area contributed by atoms with Gasteiger partial charge in [0.1, 0.15) is 17.5 Å². The summed E-state index contributed by atoms with van der Waals surface area (Å²) >= 11 is 0. The molecule has 7 nitrogen and oxygen atoms in total. The molecule has 0 saturated heterocycles. The topological polar surface area (TPSA) is 100 Å². The van der Waals surface area contributed by atoms with Gasteiger partial charge >= 0.3 is 6.18 Å². The van der Waals surface area contributed by atoms with Crippen molar-refractivity contribution in [2.75, 3.05) is 12.4 Å². The number of aliphatic hydroxyl groups is 1. The van der Waals surface area contributed by atoms with Gasteiger partial charge in [0.2, 0.25) is 0 Å². The molecule has 1 unspecified atom stereocenters. The zero-order valence-electron chi connectivity index (χ0n) is 21.0. The molecule has 5 aromatic rings. The molecule has 2 N–H and O–H groups in total. The maximum absolute atomic E-state index is 13.5. The van der Waals surface area contributed by atoms with E-state index in [0.29, 0.717) is 22.9 Å². The Balaban J connectivity index is 1.44. The third-order valence-corrected chi connectivity index (χ3v) is 6.30. The van der Waals surface area contributed by atoms with E-state index in [1.807, 2.05) is 36.4 Å². The molecule has 0 aliphatic carbocycles. The number of hydrogen-bond donors (Lipinski definition) is 2. The third kappa shape index (κ3) is 5.36. The molecule has 40 heavy (non-hydrogen) atoms. The van der Waals surface area contributed by atoms with Gasteiger partial charge in [0.25, 0.3) is 5.91 Å². The molecule has 1 aromatic heterocycles. The summed E-state index contributed by atoms with van der Waals surface area (Å²) in [5.41, 5.74) is 0.0408. The lowest BCUT2D eigenvalue weighted by Crippen LogP contribution is -2.17. The Labute approximate surface area is 226 Å². The zero-order valence-corrected chi connectivity index (χ0v) is 21.0. The van der Waals surface area contributed by atoms with Crippen LogP contribution in [-0.4, -0.2) is 27.9 Å². The molecule has 200 valence electrons. The molecule has 1 amide bonds. The molecule has 0 bridgehead atoms. The smallest absolute Gasteiger partial charge is 0.435 e. The lowest BCUT2D eigenvalue weighted by Gasteiger charge is -2.15. The van der Waals surface area contributed by atoms with Crippen LogP contribution in [0, 0.1) is 11.3 Å². The van der Waals surface area contributed by atoms with Crippen molar-refractivity contribution in [1.82, 2.24) is 9.78 Å². The van der Waals surface area contributed by atoms with Gasteiger partial charge in [-0.05, 0) is 70.4 Å². The molecule has 0 aliphatic heterocycles. The van der Waals surface area contributed by atoms with Gasteiger partial charge in [-0.15, -0.1) is 0 Å². The fourth-order valence-corrected chi connectivity index (χ4v) is 4.30. The summed E-state index contributed by atoms with van der Waals surface area (Å²) < 4.78 is 46.5. The first-order valence-corrected chi connectivity index (χ1v) is 12.0. The Morgan fingerprint density at radius 3 is 2.45 bits per heavy atom. The Morgan fingerprint density at radius 1 is 0.975 bits per heavy atom. The van der Waals surface area contributed by atoms with Crippen LogP contribution in [-0.2, 0) is 6.18 Å². The highest BCUT2D eigenvalue weighted by molar-refractivity contribution is 6.03. The van der Waals surface area contributed by atoms with Crippen molar-refractivity contribution < 1.29 is 27.8 Å². The number of hydrogen-bond acceptors (Lipinski definition) is 5. The molecule has 0 radical (unpaired) electrons. The number of fused-ring (bicyclic) bond motifs is 1. The van der Waals surface area contributed by atoms with E-state index < -0.39 is 23.9 Å². The Hall–Kier alpha value is -5.14. The summed E-state index contributed by atoms with van der Waals surface area (Å²) in [5, 5.41) is 28.3. The standard InChI is InChI=1S/C30H21F3N4O3/c1-40-25-11-10-19-13-22(9-8-20(19)15-25)28(38)21-5-3-6-23(14-21)35-29(39)26-16-27(30(31,32)33)36-37(26)24-7-2-4-18(12-24)17-34/h2-16,28,38H,1H3,(H,35,39). The summed E-state index contributed by atoms with van der Waals surface area (Å²) in [7, 11) is 1.58. The molecule has 5 rings (SSSR count). The van der Waals surface area contributed by atoms with Gasteiger partial charge in [0, 0.05) is 11.8 Å². The number of ether oxygens (including phenoxy) is 1. The number of aromatic nitrogens is 2. The second-order valence-corrected chi connectivity index (χ2v) is 8.94. The van der Waals surface area contributed by atoms with Crippen molar-refractivity contribution in [3.8, 4) is 17.5 Å². The van der Waals surface area contributed by atoms with E-state index in [0.717, 1.165) is 15.5 Å². The van der Waals surface area contributed by atoms with E-state index in [9.17, 15) is 28.3 Å². The normalized spacial score (nSPS) is 12.1. The fourth-order valence-electron chi connectivity index (χ4n) is 4.30. The maximum Gasteiger partial charge on any atom is 0.435 e. The molecule has 1 heterocycles. The number of amides is 1. The second kappa shape index (κ2) is 10.6. The number of benzene rings is 4. The summed E-state index contributed by atoms with van der Waals surface area (Å²) in [4.78, 5) is 13.2. The van der Waals surface area contributed by atoms with E-state index >= 15 is 0 Å². The SMILES string of the molecule is COc1ccc2cc(C(O)c3cccc(NC(=O)c4cc(C(F)(F)F)nn4-c4cccc(C#N)c4)c3)ccc2c1. The first-order valence-electron chi connectivity index (χ1n) is 12.0. The lowest BCUT2D eigenvalue weighted by atomic mass is 9.98. The van der Waals surface area contributed by atoms with Crippen molar-refractivity contribution in [1.29, 1.82) is 5.26 Å². The van der Waals surface area contributed by atoms with Crippen molar-refractivity contribution in [3.63, 3.8) is 0 Å². The van der Waals surface area contributed by atoms with Gasteiger partial charge in [-0.2, -0.15) is 23.5 Å². The Kier molecular flexibility index (Phi) is 6.98. The van der Waals surface area contributed by atoms with Crippen molar-refractivity contribution in [2.24, 2.45) is 0 Å². The third-order valence-electron chi connectivity index (χ3n) is 6.30. The number of nitriles is 1. The van der Waals surface area contributed by atoms with Crippen LogP contribution in [0.1, 0.15) is 39.0 Å². The molecular weight excluding hydrogens is 521 g/mol. The van der Waals surface area contributed by atoms with Crippen LogP contribution in [0.3, 0.4) is 0 Å². The zero-order chi connectivity index (χ0) is 28.4. The summed E-state index contributed by atoms with van der Waals surface area (Å²) in [6, 6.07) is 25.8. The number of carbonyl (C=O) groups is 1. The van der Waals surface area contributed by atoms with E-state index in [4.69, 9.17) is 4.74 Å². The number of carbonyl (C=O) groups excluding carboxylic acids is 1. The highest BCUT2D eigenvalue weighted by Gasteiger charge is 2.36. The number of alkyl halides is 3. The molecular formula is C30H21F3N4O3. The van der Waals surface area contributed by atoms with Crippen LogP contribution in [0.2, 0.25) is 0 Å². The first-order chi connectivity index (χ1) is 19.2. The molecule has 0 spiro atoms. The highest BCUT2D eigenvalue weighted by atomic mass is 19.4. The molecule has 1 atom stereocenters. The average Bonchev–Trinajstić information content (AvgIpc) is 3.43. The monoisotopic (exact) mass is 542 g/mol. The number of rotatable bonds is 6. The van der Waals surface area contributed by atoms with Crippen molar-refractivity contribution in [2.45, 2.75) is 12.3 Å². The minimum Gasteiger partial charge on any atom is -0.497 e. The van der Waals surface area contributed by atoms with E-state index in [-0.39, 0.29) is 22.6 Å². The Bertz CT molecular complexity index is 1770. The number of nitrogens with one attached hydrogen (secondary N) is 1. The largest absolute Gasteiger partial charge is 0.497 e. The molecule has 4 aromatic carbocycles. The van der Waals surface area contributed by atoms with Gasteiger partial charge in [-0.1, -0.05) is 36.4 Å². The number of anilines is 1. The quantitative estimate of drug-likeness (QED) is 0.264. The number of nitrogens with zero attached hydrogens (tertiary/aromatic N) is 3. The fraction of sp³-hybridized carbons (Fsp3) is 0.100. The minimum absolute atomic E-state index is 0.123. The summed E-state index contributed by atoms with van der Waals surface area (Å²) in [5.74, 6) is -0.137. The van der Waals surface area contributed by atoms with Crippen LogP contribution in [0.5, 0.6) is 5.75 Å². The predicted molar refractivity (Wildman–Crippen MR) is 142 cm³/mol. The van der Waals surface area contributed by atoms with E-state index in [2.05, 4.69) is 10.4 Å². The van der Waals surface area contributed by atoms with E-state index in [1.165, 1.54) is 24.3 Å². The number of aliphatic hydroxyl groups excluding tert-OH is 1. The Morgan fingerprint density at radius 2 is 1.70 bits per heavy atom. The predicted octanol–water partition coefficient (Wildman–Crippen LogP) is 6.26. The maximum atomic E-state index is 13.5. The van der Waals surface area contributed by atoms with Crippen LogP contribution in [0.25, 0.3) is 16.5 Å². The van der Waals surface area contributed by atoms with Crippen molar-refractivity contribution in [3.05, 3.63) is 119 Å². The molecule has 0 aliphatic rings. The highest BCUT2D eigenvalue weighted by Crippen LogP contribution is 2.31. The number of halogens is 3. The lowest BCUT2D eigenvalue weighted by molar-refractivity contribution is -0.141. The van der Waals surface area contributed by atoms with Gasteiger partial charge in [-0.25, -0.2) is 4.68 Å². The molecule has 0 saturated carbocycles. The molecule has 10 heteroatoms. The summed E-state index contributed by atoms with van der Waals surface area (Å²) in [6.07, 6.45) is -5.82. The van der Waals surface area contributed by atoms with Crippen LogP contribution in [0.15, 0.2) is 91.0 Å². The van der Waals surface area contributed by atoms with E-state index in [1.54, 1.807) is 37.4 Å². The number of methoxy groups -OCH3 is 1. The van der Waals surface area contributed by atoms with Crippen LogP contribution < -0.4 is 10.1 Å². The van der Waals surface area contributed by atoms with Crippen LogP contribution in [0.4, 0.5) is 18.9 Å². The van der Waals surface area contributed by atoms with Crippen LogP contribution >= 0.6 is 0 Å².